The van der Waals surface area contributed by atoms with Crippen LogP contribution in [0.1, 0.15) is 94.7 Å². The number of aromatic nitrogens is 5. The third-order valence-electron chi connectivity index (χ3n) is 7.26. The second kappa shape index (κ2) is 10.3. The van der Waals surface area contributed by atoms with Crippen LogP contribution < -0.4 is 0 Å². The zero-order valence-electron chi connectivity index (χ0n) is 27.8. The van der Waals surface area contributed by atoms with Gasteiger partial charge in [0, 0.05) is 43.8 Å². The van der Waals surface area contributed by atoms with E-state index in [4.69, 9.17) is 10.2 Å². The fourth-order valence-corrected chi connectivity index (χ4v) is 5.32. The molecule has 1 saturated carbocycles. The summed E-state index contributed by atoms with van der Waals surface area (Å²) in [7, 11) is 0. The number of hydrogen-bond donors (Lipinski definition) is 0. The lowest BCUT2D eigenvalue weighted by Gasteiger charge is -2.43. The van der Waals surface area contributed by atoms with Crippen molar-refractivity contribution in [1.82, 2.24) is 24.6 Å². The molecule has 4 heterocycles. The zero-order chi connectivity index (χ0) is 31.5. The number of hydrogen-bond acceptors (Lipinski definition) is 7. The number of cyclic esters (lactones) is 1. The zero-order valence-corrected chi connectivity index (χ0v) is 21.8. The fourth-order valence-electron chi connectivity index (χ4n) is 5.32. The first-order chi connectivity index (χ1) is 20.1. The number of aryl methyl sites for hydroxylation is 5. The molecule has 8 heteroatoms. The molecule has 2 atom stereocenters. The first-order valence-electron chi connectivity index (χ1n) is 16.1. The minimum atomic E-state index is -2.85. The number of ketones is 1. The third kappa shape index (κ3) is 5.15. The number of carbonyl (C=O) groups is 2. The normalized spacial score (nSPS) is 26.2. The van der Waals surface area contributed by atoms with Gasteiger partial charge in [-0.15, -0.1) is 5.10 Å². The second-order valence-corrected chi connectivity index (χ2v) is 9.99. The highest BCUT2D eigenvalue weighted by atomic mass is 16.6. The summed E-state index contributed by atoms with van der Waals surface area (Å²) in [4.78, 5) is 40.7. The Labute approximate surface area is 226 Å². The lowest BCUT2D eigenvalue weighted by molar-refractivity contribution is -0.185. The van der Waals surface area contributed by atoms with E-state index < -0.39 is 60.6 Å². The first kappa shape index (κ1) is 19.0. The van der Waals surface area contributed by atoms with Crippen molar-refractivity contribution in [2.75, 3.05) is 0 Å². The Kier molecular flexibility index (Phi) is 5.29. The molecule has 5 rings (SSSR count). The SMILES string of the molecule is [2H]C([2H])(c1nc2nc(C)cc(C)n2n1)C1C(=O)C[C@@](C2CCCC2)(C([2H])([2H])C([2H])([2H])c2cc(CC)nc(CC)c2)OC1=O. The van der Waals surface area contributed by atoms with Crippen molar-refractivity contribution >= 4 is 17.5 Å². The summed E-state index contributed by atoms with van der Waals surface area (Å²) in [5.74, 6) is -4.99. The highest BCUT2D eigenvalue weighted by molar-refractivity contribution is 6.01. The average molecular weight is 510 g/mol. The molecular weight excluding hydrogens is 466 g/mol. The largest absolute Gasteiger partial charge is 0.458 e. The molecule has 1 aliphatic carbocycles. The van der Waals surface area contributed by atoms with Crippen molar-refractivity contribution in [2.24, 2.45) is 11.8 Å². The van der Waals surface area contributed by atoms with Gasteiger partial charge in [0.05, 0.1) is 0 Å². The van der Waals surface area contributed by atoms with Crippen LogP contribution in [-0.2, 0) is 39.9 Å². The van der Waals surface area contributed by atoms with Crippen LogP contribution in [0.4, 0.5) is 0 Å². The smallest absolute Gasteiger partial charge is 0.317 e. The monoisotopic (exact) mass is 509 g/mol. The first-order valence-corrected chi connectivity index (χ1v) is 13.1. The van der Waals surface area contributed by atoms with Crippen molar-refractivity contribution in [3.05, 3.63) is 52.4 Å². The second-order valence-electron chi connectivity index (χ2n) is 9.99. The molecule has 0 spiro atoms. The number of Topliss-reactive ketones (excluding diaryl/α,β-unsaturated/α-hetero) is 1. The topological polar surface area (TPSA) is 99.3 Å². The average Bonchev–Trinajstić information content (AvgIpc) is 3.63. The van der Waals surface area contributed by atoms with Crippen LogP contribution in [0.2, 0.25) is 0 Å². The summed E-state index contributed by atoms with van der Waals surface area (Å²) in [6.45, 7) is 7.26. The fraction of sp³-hybridized carbons (Fsp3) is 0.586. The van der Waals surface area contributed by atoms with Crippen molar-refractivity contribution in [1.29, 1.82) is 0 Å². The van der Waals surface area contributed by atoms with Crippen LogP contribution in [0.15, 0.2) is 18.2 Å². The summed E-state index contributed by atoms with van der Waals surface area (Å²) >= 11 is 0. The molecule has 0 aromatic carbocycles. The van der Waals surface area contributed by atoms with Crippen LogP contribution in [0.25, 0.3) is 5.78 Å². The molecule has 3 aromatic heterocycles. The lowest BCUT2D eigenvalue weighted by atomic mass is 9.73. The maximum absolute atomic E-state index is 13.9. The molecule has 1 unspecified atom stereocenters. The van der Waals surface area contributed by atoms with Gasteiger partial charge in [-0.1, -0.05) is 26.7 Å². The van der Waals surface area contributed by atoms with Gasteiger partial charge in [0.15, 0.2) is 11.6 Å². The van der Waals surface area contributed by atoms with E-state index in [9.17, 15) is 12.3 Å². The van der Waals surface area contributed by atoms with E-state index in [2.05, 4.69) is 20.1 Å². The molecule has 196 valence electrons. The summed E-state index contributed by atoms with van der Waals surface area (Å²) in [6.07, 6.45) is -5.53. The van der Waals surface area contributed by atoms with Crippen LogP contribution in [-0.4, -0.2) is 41.9 Å². The third-order valence-corrected chi connectivity index (χ3v) is 7.26. The van der Waals surface area contributed by atoms with E-state index in [-0.39, 0.29) is 11.3 Å². The summed E-state index contributed by atoms with van der Waals surface area (Å²) in [6, 6.07) is 4.79. The molecule has 37 heavy (non-hydrogen) atoms. The van der Waals surface area contributed by atoms with Crippen LogP contribution >= 0.6 is 0 Å². The van der Waals surface area contributed by atoms with Gasteiger partial charge in [0.25, 0.3) is 5.78 Å². The quantitative estimate of drug-likeness (QED) is 0.326. The van der Waals surface area contributed by atoms with Crippen molar-refractivity contribution in [3.63, 3.8) is 0 Å². The number of esters is 1. The summed E-state index contributed by atoms with van der Waals surface area (Å²) in [5, 5.41) is 4.21. The van der Waals surface area contributed by atoms with E-state index in [0.717, 1.165) is 0 Å². The standard InChI is InChI=1S/C29H37N5O3/c1-5-22-14-20(15-23(6-2)31-22)11-12-29(21-9-7-8-10-21)17-25(35)24(27(36)37-29)16-26-32-28-30-18(3)13-19(4)34(28)33-26/h13-15,21,24H,5-12,16-17H2,1-4H3/t24?,29-/m1/s1/i11D2,12D2,16D2. The molecule has 0 amide bonds. The molecule has 0 radical (unpaired) electrons. The van der Waals surface area contributed by atoms with E-state index >= 15 is 0 Å². The number of pyridine rings is 1. The van der Waals surface area contributed by atoms with Gasteiger partial charge >= 0.3 is 5.97 Å². The summed E-state index contributed by atoms with van der Waals surface area (Å²) in [5.41, 5.74) is 0.409. The van der Waals surface area contributed by atoms with Crippen molar-refractivity contribution < 1.29 is 22.6 Å². The Morgan fingerprint density at radius 3 is 2.41 bits per heavy atom. The van der Waals surface area contributed by atoms with Crippen LogP contribution in [0.3, 0.4) is 0 Å². The molecule has 8 nitrogen and oxygen atoms in total. The number of fused-ring (bicyclic) bond motifs is 1. The van der Waals surface area contributed by atoms with E-state index in [1.807, 2.05) is 13.8 Å². The number of ether oxygens (including phenoxy) is 1. The van der Waals surface area contributed by atoms with Gasteiger partial charge in [0.2, 0.25) is 0 Å². The van der Waals surface area contributed by atoms with Gasteiger partial charge in [0.1, 0.15) is 11.5 Å². The van der Waals surface area contributed by atoms with E-state index in [0.29, 0.717) is 61.3 Å². The predicted octanol–water partition coefficient (Wildman–Crippen LogP) is 4.50. The minimum Gasteiger partial charge on any atom is -0.458 e. The van der Waals surface area contributed by atoms with Crippen molar-refractivity contribution in [2.45, 2.75) is 97.4 Å². The minimum absolute atomic E-state index is 0.0617. The van der Waals surface area contributed by atoms with E-state index in [1.165, 1.54) is 16.6 Å². The van der Waals surface area contributed by atoms with Gasteiger partial charge in [-0.25, -0.2) is 9.50 Å². The maximum atomic E-state index is 13.9. The van der Waals surface area contributed by atoms with Crippen LogP contribution in [0.5, 0.6) is 0 Å². The predicted molar refractivity (Wildman–Crippen MR) is 139 cm³/mol. The Morgan fingerprint density at radius 2 is 1.76 bits per heavy atom. The number of nitrogens with zero attached hydrogens (tertiary/aromatic N) is 5. The Bertz CT molecular complexity index is 1540. The number of carbonyl (C=O) groups excluding carboxylic acids is 2. The Hall–Kier alpha value is -3.16. The Morgan fingerprint density at radius 1 is 1.05 bits per heavy atom. The summed E-state index contributed by atoms with van der Waals surface area (Å²) < 4.78 is 61.8. The Balaban J connectivity index is 1.57. The molecular formula is C29H37N5O3. The van der Waals surface area contributed by atoms with Gasteiger partial charge in [-0.2, -0.15) is 4.98 Å². The van der Waals surface area contributed by atoms with Crippen molar-refractivity contribution in [3.8, 4) is 0 Å². The molecule has 2 fully saturated rings. The number of rotatable bonds is 8. The van der Waals surface area contributed by atoms with Crippen LogP contribution in [0, 0.1) is 25.7 Å². The van der Waals surface area contributed by atoms with Gasteiger partial charge < -0.3 is 4.74 Å². The lowest BCUT2D eigenvalue weighted by Crippen LogP contribution is -2.52. The highest BCUT2D eigenvalue weighted by Gasteiger charge is 2.51. The van der Waals surface area contributed by atoms with Gasteiger partial charge in [-0.3, -0.25) is 14.6 Å². The molecule has 0 N–H and O–H groups in total. The highest BCUT2D eigenvalue weighted by Crippen LogP contribution is 2.45. The molecule has 0 bridgehead atoms. The molecule has 1 saturated heterocycles. The molecule has 1 aliphatic heterocycles. The van der Waals surface area contributed by atoms with E-state index in [1.54, 1.807) is 19.9 Å². The molecule has 3 aromatic rings. The van der Waals surface area contributed by atoms with Gasteiger partial charge in [-0.05, 0) is 82.0 Å². The molecule has 2 aliphatic rings. The maximum Gasteiger partial charge on any atom is 0.317 e.